The van der Waals surface area contributed by atoms with Gasteiger partial charge in [-0.25, -0.2) is 4.68 Å². The molecule has 3 heterocycles. The second kappa shape index (κ2) is 7.82. The van der Waals surface area contributed by atoms with Gasteiger partial charge in [-0.1, -0.05) is 17.7 Å². The molecule has 0 saturated carbocycles. The average molecular weight is 433 g/mol. The number of hydrogen-bond acceptors (Lipinski definition) is 5. The fraction of sp³-hybridized carbons (Fsp3) is 0.250. The van der Waals surface area contributed by atoms with Gasteiger partial charge in [0.1, 0.15) is 11.6 Å². The molecule has 3 N–H and O–H groups in total. The summed E-state index contributed by atoms with van der Waals surface area (Å²) in [7, 11) is 0. The van der Waals surface area contributed by atoms with Crippen LogP contribution in [0.4, 0.5) is 19.0 Å². The average Bonchev–Trinajstić information content (AvgIpc) is 3.40. The molecule has 0 bridgehead atoms. The molecule has 3 aromatic rings. The number of anilines is 1. The van der Waals surface area contributed by atoms with Crippen molar-refractivity contribution in [2.75, 3.05) is 5.32 Å². The van der Waals surface area contributed by atoms with E-state index >= 15 is 0 Å². The Bertz CT molecular complexity index is 1090. The molecule has 0 aliphatic carbocycles. The van der Waals surface area contributed by atoms with E-state index in [-0.39, 0.29) is 17.9 Å². The van der Waals surface area contributed by atoms with Crippen LogP contribution >= 0.6 is 0 Å². The number of rotatable bonds is 3. The van der Waals surface area contributed by atoms with Crippen LogP contribution < -0.4 is 16.2 Å². The molecule has 0 spiro atoms. The highest BCUT2D eigenvalue weighted by molar-refractivity contribution is 5.98. The number of hydrazine groups is 1. The van der Waals surface area contributed by atoms with Crippen LogP contribution in [0.1, 0.15) is 50.7 Å². The van der Waals surface area contributed by atoms with Gasteiger partial charge in [0.25, 0.3) is 11.8 Å². The quantitative estimate of drug-likeness (QED) is 0.549. The SMILES string of the molecule is Cc1ccc(C(=O)NNC(=O)c2cc3n(n2)C(C(F)(F)F)CC(c2ccco2)N3)cc1. The first-order valence-electron chi connectivity index (χ1n) is 9.36. The van der Waals surface area contributed by atoms with Gasteiger partial charge in [-0.2, -0.15) is 18.3 Å². The molecule has 1 aliphatic heterocycles. The Morgan fingerprint density at radius 1 is 1.16 bits per heavy atom. The first kappa shape index (κ1) is 20.5. The summed E-state index contributed by atoms with van der Waals surface area (Å²) in [5.74, 6) is -1.05. The van der Waals surface area contributed by atoms with Crippen molar-refractivity contribution < 1.29 is 27.2 Å². The number of alkyl halides is 3. The second-order valence-electron chi connectivity index (χ2n) is 7.14. The molecule has 31 heavy (non-hydrogen) atoms. The zero-order valence-corrected chi connectivity index (χ0v) is 16.2. The maximum absolute atomic E-state index is 13.6. The number of hydrogen-bond donors (Lipinski definition) is 3. The van der Waals surface area contributed by atoms with Crippen molar-refractivity contribution in [2.45, 2.75) is 31.6 Å². The number of nitrogens with one attached hydrogen (secondary N) is 3. The largest absolute Gasteiger partial charge is 0.467 e. The third kappa shape index (κ3) is 4.25. The Morgan fingerprint density at radius 3 is 2.52 bits per heavy atom. The lowest BCUT2D eigenvalue weighted by Gasteiger charge is -2.32. The van der Waals surface area contributed by atoms with E-state index in [0.717, 1.165) is 10.2 Å². The van der Waals surface area contributed by atoms with E-state index in [1.54, 1.807) is 36.4 Å². The summed E-state index contributed by atoms with van der Waals surface area (Å²) in [5.41, 5.74) is 5.40. The summed E-state index contributed by atoms with van der Waals surface area (Å²) in [6.45, 7) is 1.86. The van der Waals surface area contributed by atoms with Crippen molar-refractivity contribution >= 4 is 17.6 Å². The number of aryl methyl sites for hydroxylation is 1. The predicted octanol–water partition coefficient (Wildman–Crippen LogP) is 3.52. The predicted molar refractivity (Wildman–Crippen MR) is 103 cm³/mol. The van der Waals surface area contributed by atoms with E-state index in [2.05, 4.69) is 21.3 Å². The molecular formula is C20H18F3N5O3. The lowest BCUT2D eigenvalue weighted by Crippen LogP contribution is -2.42. The first-order chi connectivity index (χ1) is 14.7. The molecule has 2 aromatic heterocycles. The molecule has 0 fully saturated rings. The first-order valence-corrected chi connectivity index (χ1v) is 9.36. The lowest BCUT2D eigenvalue weighted by atomic mass is 10.0. The van der Waals surface area contributed by atoms with Crippen molar-refractivity contribution in [1.29, 1.82) is 0 Å². The van der Waals surface area contributed by atoms with E-state index in [4.69, 9.17) is 4.42 Å². The van der Waals surface area contributed by atoms with Crippen molar-refractivity contribution in [3.63, 3.8) is 0 Å². The molecule has 8 nitrogen and oxygen atoms in total. The molecule has 0 radical (unpaired) electrons. The monoisotopic (exact) mass is 433 g/mol. The van der Waals surface area contributed by atoms with Gasteiger partial charge in [0.05, 0.1) is 12.3 Å². The van der Waals surface area contributed by atoms with Crippen LogP contribution in [0.15, 0.2) is 53.1 Å². The van der Waals surface area contributed by atoms with E-state index < -0.39 is 30.1 Å². The Balaban J connectivity index is 1.51. The number of furan rings is 1. The normalized spacial score (nSPS) is 18.1. The fourth-order valence-corrected chi connectivity index (χ4v) is 3.32. The zero-order chi connectivity index (χ0) is 22.2. The second-order valence-corrected chi connectivity index (χ2v) is 7.14. The maximum Gasteiger partial charge on any atom is 0.410 e. The highest BCUT2D eigenvalue weighted by Crippen LogP contribution is 2.43. The maximum atomic E-state index is 13.6. The lowest BCUT2D eigenvalue weighted by molar-refractivity contribution is -0.174. The van der Waals surface area contributed by atoms with Crippen molar-refractivity contribution in [3.8, 4) is 0 Å². The van der Waals surface area contributed by atoms with Crippen LogP contribution in [0.25, 0.3) is 0 Å². The number of aromatic nitrogens is 2. The molecular weight excluding hydrogens is 415 g/mol. The molecule has 11 heteroatoms. The highest BCUT2D eigenvalue weighted by Gasteiger charge is 2.47. The highest BCUT2D eigenvalue weighted by atomic mass is 19.4. The third-order valence-electron chi connectivity index (χ3n) is 4.91. The van der Waals surface area contributed by atoms with Gasteiger partial charge in [-0.15, -0.1) is 0 Å². The molecule has 1 aliphatic rings. The standard InChI is InChI=1S/C20H18F3N5O3/c1-11-4-6-12(7-5-11)18(29)25-26-19(30)14-10-17-24-13(15-3-2-8-31-15)9-16(20(21,22)23)28(17)27-14/h2-8,10,13,16,24H,9H2,1H3,(H,25,29)(H,26,30). The van der Waals surface area contributed by atoms with E-state index in [1.807, 2.05) is 6.92 Å². The van der Waals surface area contributed by atoms with Crippen molar-refractivity contribution in [2.24, 2.45) is 0 Å². The molecule has 2 atom stereocenters. The van der Waals surface area contributed by atoms with E-state index in [9.17, 15) is 22.8 Å². The Labute approximate surface area is 174 Å². The summed E-state index contributed by atoms with van der Waals surface area (Å²) in [6.07, 6.45) is -3.56. The van der Waals surface area contributed by atoms with Gasteiger partial charge < -0.3 is 9.73 Å². The van der Waals surface area contributed by atoms with Gasteiger partial charge in [0.15, 0.2) is 11.7 Å². The van der Waals surface area contributed by atoms with Gasteiger partial charge >= 0.3 is 6.18 Å². The van der Waals surface area contributed by atoms with Crippen LogP contribution in [-0.4, -0.2) is 27.8 Å². The van der Waals surface area contributed by atoms with Crippen LogP contribution in [0, 0.1) is 6.92 Å². The molecule has 0 saturated heterocycles. The minimum absolute atomic E-state index is 0.0185. The molecule has 4 rings (SSSR count). The Kier molecular flexibility index (Phi) is 5.17. The Hall–Kier alpha value is -3.76. The van der Waals surface area contributed by atoms with Crippen LogP contribution in [-0.2, 0) is 0 Å². The number of benzene rings is 1. The topological polar surface area (TPSA) is 101 Å². The third-order valence-corrected chi connectivity index (χ3v) is 4.91. The molecule has 1 aromatic carbocycles. The number of fused-ring (bicyclic) bond motifs is 1. The van der Waals surface area contributed by atoms with E-state index in [1.165, 1.54) is 12.3 Å². The summed E-state index contributed by atoms with van der Waals surface area (Å²) >= 11 is 0. The summed E-state index contributed by atoms with van der Waals surface area (Å²) < 4.78 is 46.9. The molecule has 2 amide bonds. The smallest absolute Gasteiger partial charge is 0.410 e. The number of carbonyl (C=O) groups is 2. The Morgan fingerprint density at radius 2 is 1.87 bits per heavy atom. The number of halogens is 3. The van der Waals surface area contributed by atoms with Crippen LogP contribution in [0.2, 0.25) is 0 Å². The molecule has 162 valence electrons. The summed E-state index contributed by atoms with van der Waals surface area (Å²) in [4.78, 5) is 24.5. The van der Waals surface area contributed by atoms with Gasteiger partial charge in [0, 0.05) is 18.1 Å². The van der Waals surface area contributed by atoms with Gasteiger partial charge in [0.2, 0.25) is 0 Å². The van der Waals surface area contributed by atoms with Crippen molar-refractivity contribution in [1.82, 2.24) is 20.6 Å². The number of carbonyl (C=O) groups excluding carboxylic acids is 2. The van der Waals surface area contributed by atoms with Crippen LogP contribution in [0.3, 0.4) is 0 Å². The summed E-state index contributed by atoms with van der Waals surface area (Å²) in [6, 6.07) is 8.31. The summed E-state index contributed by atoms with van der Waals surface area (Å²) in [5, 5.41) is 6.73. The van der Waals surface area contributed by atoms with Gasteiger partial charge in [-0.05, 0) is 31.2 Å². The number of amides is 2. The zero-order valence-electron chi connectivity index (χ0n) is 16.2. The van der Waals surface area contributed by atoms with E-state index in [0.29, 0.717) is 11.3 Å². The fourth-order valence-electron chi connectivity index (χ4n) is 3.32. The minimum Gasteiger partial charge on any atom is -0.467 e. The van der Waals surface area contributed by atoms with Crippen molar-refractivity contribution in [3.05, 3.63) is 71.3 Å². The van der Waals surface area contributed by atoms with Crippen LogP contribution in [0.5, 0.6) is 0 Å². The van der Waals surface area contributed by atoms with Gasteiger partial charge in [-0.3, -0.25) is 20.4 Å². The molecule has 2 unspecified atom stereocenters. The number of nitrogens with zero attached hydrogens (tertiary/aromatic N) is 2. The minimum atomic E-state index is -4.58.